The van der Waals surface area contributed by atoms with E-state index in [1.165, 1.54) is 24.3 Å². The minimum absolute atomic E-state index is 0.0130. The van der Waals surface area contributed by atoms with Crippen LogP contribution in [0.25, 0.3) is 10.2 Å². The number of anilines is 2. The predicted octanol–water partition coefficient (Wildman–Crippen LogP) is 7.59. The number of alkyl halides is 3. The number of ether oxygens (including phenoxy) is 1. The summed E-state index contributed by atoms with van der Waals surface area (Å²) in [7, 11) is 0. The largest absolute Gasteiger partial charge is 0.454 e. The lowest BCUT2D eigenvalue weighted by Crippen LogP contribution is -2.40. The second-order valence-electron chi connectivity index (χ2n) is 11.8. The van der Waals surface area contributed by atoms with Crippen molar-refractivity contribution < 1.29 is 41.1 Å². The molecule has 3 N–H and O–H groups in total. The summed E-state index contributed by atoms with van der Waals surface area (Å²) < 4.78 is 74.7. The van der Waals surface area contributed by atoms with E-state index >= 15 is 0 Å². The van der Waals surface area contributed by atoms with Gasteiger partial charge in [-0.1, -0.05) is 29.5 Å². The van der Waals surface area contributed by atoms with Crippen molar-refractivity contribution in [2.75, 3.05) is 10.6 Å². The number of fused-ring (bicyclic) bond motifs is 1. The summed E-state index contributed by atoms with van der Waals surface area (Å²) in [6.07, 6.45) is -0.452. The van der Waals surface area contributed by atoms with E-state index in [4.69, 9.17) is 4.74 Å². The van der Waals surface area contributed by atoms with Crippen LogP contribution in [0, 0.1) is 23.5 Å². The zero-order valence-electron chi connectivity index (χ0n) is 24.8. The number of hydrogen-bond acceptors (Lipinski definition) is 6. The molecule has 1 aromatic heterocycles. The molecule has 2 saturated carbocycles. The fourth-order valence-corrected chi connectivity index (χ4v) is 6.34. The van der Waals surface area contributed by atoms with E-state index in [1.807, 2.05) is 0 Å². The van der Waals surface area contributed by atoms with Gasteiger partial charge in [0.05, 0.1) is 27.9 Å². The third-order valence-corrected chi connectivity index (χ3v) is 9.06. The zero-order valence-corrected chi connectivity index (χ0v) is 25.6. The maximum Gasteiger partial charge on any atom is 0.416 e. The minimum atomic E-state index is -4.58. The van der Waals surface area contributed by atoms with Gasteiger partial charge in [0.25, 0.3) is 0 Å². The lowest BCUT2D eigenvalue weighted by molar-refractivity contribution is -0.137. The van der Waals surface area contributed by atoms with Crippen LogP contribution in [0.3, 0.4) is 0 Å². The van der Waals surface area contributed by atoms with Gasteiger partial charge in [-0.3, -0.25) is 14.4 Å². The maximum absolute atomic E-state index is 15.0. The molecule has 0 spiro atoms. The monoisotopic (exact) mass is 672 g/mol. The summed E-state index contributed by atoms with van der Waals surface area (Å²) in [6, 6.07) is 10.2. The first-order valence-corrected chi connectivity index (χ1v) is 15.9. The van der Waals surface area contributed by atoms with Crippen LogP contribution < -0.4 is 20.7 Å². The van der Waals surface area contributed by atoms with Crippen molar-refractivity contribution in [3.05, 3.63) is 77.4 Å². The number of nitrogens with one attached hydrogen (secondary N) is 3. The molecular weight excluding hydrogens is 643 g/mol. The van der Waals surface area contributed by atoms with Gasteiger partial charge in [-0.2, -0.15) is 13.2 Å². The van der Waals surface area contributed by atoms with Crippen LogP contribution in [0.2, 0.25) is 0 Å². The molecule has 0 bridgehead atoms. The number of thiazole rings is 1. The van der Waals surface area contributed by atoms with Crippen molar-refractivity contribution in [1.82, 2.24) is 10.3 Å². The van der Waals surface area contributed by atoms with Gasteiger partial charge >= 0.3 is 6.18 Å². The molecule has 0 atom stereocenters. The molecule has 0 aliphatic heterocycles. The molecule has 0 radical (unpaired) electrons. The second-order valence-corrected chi connectivity index (χ2v) is 12.8. The number of carbonyl (C=O) groups excluding carboxylic acids is 3. The van der Waals surface area contributed by atoms with Crippen LogP contribution in [0.1, 0.15) is 49.7 Å². The molecule has 1 heterocycles. The Hall–Kier alpha value is -4.59. The zero-order chi connectivity index (χ0) is 33.3. The molecule has 3 amide bonds. The fraction of sp³-hybridized carbons (Fsp3) is 0.333. The number of halogens is 5. The highest BCUT2D eigenvalue weighted by atomic mass is 32.1. The molecule has 0 unspecified atom stereocenters. The van der Waals surface area contributed by atoms with E-state index in [0.29, 0.717) is 41.0 Å². The molecular formula is C33H29F5N4O4S. The van der Waals surface area contributed by atoms with Crippen LogP contribution in [0.4, 0.5) is 32.8 Å². The summed E-state index contributed by atoms with van der Waals surface area (Å²) in [5, 5.41) is 8.49. The Morgan fingerprint density at radius 3 is 2.30 bits per heavy atom. The van der Waals surface area contributed by atoms with Crippen LogP contribution in [-0.4, -0.2) is 28.7 Å². The van der Waals surface area contributed by atoms with Crippen molar-refractivity contribution in [2.45, 2.75) is 57.2 Å². The fourth-order valence-electron chi connectivity index (χ4n) is 5.46. The van der Waals surface area contributed by atoms with Crippen LogP contribution in [0.15, 0.2) is 54.6 Å². The summed E-state index contributed by atoms with van der Waals surface area (Å²) in [4.78, 5) is 41.8. The van der Waals surface area contributed by atoms with Crippen LogP contribution >= 0.6 is 11.3 Å². The number of hydrogen-bond donors (Lipinski definition) is 3. The number of aromatic nitrogens is 1. The van der Waals surface area contributed by atoms with E-state index in [0.717, 1.165) is 54.5 Å². The normalized spacial score (nSPS) is 18.1. The Balaban J connectivity index is 1.07. The maximum atomic E-state index is 15.0. The topological polar surface area (TPSA) is 109 Å². The lowest BCUT2D eigenvalue weighted by atomic mass is 9.85. The molecule has 2 aliphatic carbocycles. The molecule has 0 saturated heterocycles. The second kappa shape index (κ2) is 13.3. The number of rotatable bonds is 9. The lowest BCUT2D eigenvalue weighted by Gasteiger charge is -2.28. The van der Waals surface area contributed by atoms with Crippen molar-refractivity contribution in [3.8, 4) is 11.5 Å². The van der Waals surface area contributed by atoms with Gasteiger partial charge in [0.15, 0.2) is 16.7 Å². The Morgan fingerprint density at radius 2 is 1.57 bits per heavy atom. The van der Waals surface area contributed by atoms with Crippen LogP contribution in [-0.2, 0) is 27.0 Å². The molecule has 2 aliphatic rings. The molecule has 246 valence electrons. The first-order chi connectivity index (χ1) is 22.4. The standard InChI is InChI=1S/C33H29F5N4O4S/c34-23-11-10-22(14-25(23)40-29(43)13-17-2-1-3-20(12-17)33(36,37)38)46-27-16-28-26(15-24(27)35)41-32(47-28)42-31(45)19-6-8-21(9-7-19)39-30(44)18-4-5-18/h1-3,10-12,14-16,18-19,21H,4-9,13H2,(H,39,44)(H,40,43)(H,41,42,45). The highest BCUT2D eigenvalue weighted by Gasteiger charge is 2.33. The van der Waals surface area contributed by atoms with E-state index in [2.05, 4.69) is 20.9 Å². The quantitative estimate of drug-likeness (QED) is 0.159. The average Bonchev–Trinajstić information content (AvgIpc) is 3.81. The molecule has 47 heavy (non-hydrogen) atoms. The minimum Gasteiger partial charge on any atom is -0.454 e. The highest BCUT2D eigenvalue weighted by Crippen LogP contribution is 2.36. The number of nitrogens with zero attached hydrogens (tertiary/aromatic N) is 1. The highest BCUT2D eigenvalue weighted by molar-refractivity contribution is 7.22. The Morgan fingerprint density at radius 1 is 0.851 bits per heavy atom. The first-order valence-electron chi connectivity index (χ1n) is 15.1. The molecule has 6 rings (SSSR count). The van der Waals surface area contributed by atoms with E-state index in [-0.39, 0.29) is 52.4 Å². The Kier molecular flexibility index (Phi) is 9.13. The average molecular weight is 673 g/mol. The summed E-state index contributed by atoms with van der Waals surface area (Å²) >= 11 is 1.13. The van der Waals surface area contributed by atoms with Crippen molar-refractivity contribution in [3.63, 3.8) is 0 Å². The van der Waals surface area contributed by atoms with Gasteiger partial charge in [-0.05, 0) is 62.3 Å². The van der Waals surface area contributed by atoms with Gasteiger partial charge in [0.2, 0.25) is 17.7 Å². The van der Waals surface area contributed by atoms with Crippen molar-refractivity contribution in [2.24, 2.45) is 11.8 Å². The number of benzene rings is 3. The van der Waals surface area contributed by atoms with E-state index in [1.54, 1.807) is 0 Å². The smallest absolute Gasteiger partial charge is 0.416 e. The summed E-state index contributed by atoms with van der Waals surface area (Å²) in [5.74, 6) is -2.77. The summed E-state index contributed by atoms with van der Waals surface area (Å²) in [5.41, 5.74) is -0.832. The molecule has 2 fully saturated rings. The molecule has 14 heteroatoms. The van der Waals surface area contributed by atoms with Gasteiger partial charge < -0.3 is 20.7 Å². The van der Waals surface area contributed by atoms with Crippen LogP contribution in [0.5, 0.6) is 11.5 Å². The third-order valence-electron chi connectivity index (χ3n) is 8.12. The Labute approximate surface area is 269 Å². The Bertz CT molecular complexity index is 1830. The van der Waals surface area contributed by atoms with E-state index < -0.39 is 35.7 Å². The number of amides is 3. The van der Waals surface area contributed by atoms with Gasteiger partial charge in [-0.25, -0.2) is 13.8 Å². The SMILES string of the molecule is O=C(Cc1cccc(C(F)(F)F)c1)Nc1cc(Oc2cc3sc(NC(=O)C4CCC(NC(=O)C5CC5)CC4)nc3cc2F)ccc1F. The molecule has 3 aromatic carbocycles. The molecule has 8 nitrogen and oxygen atoms in total. The first kappa shape index (κ1) is 32.4. The molecule has 4 aromatic rings. The van der Waals surface area contributed by atoms with Crippen molar-refractivity contribution in [1.29, 1.82) is 0 Å². The predicted molar refractivity (Wildman–Crippen MR) is 165 cm³/mol. The third kappa shape index (κ3) is 8.05. The number of carbonyl (C=O) groups is 3. The van der Waals surface area contributed by atoms with Gasteiger partial charge in [0.1, 0.15) is 11.6 Å². The van der Waals surface area contributed by atoms with E-state index in [9.17, 15) is 36.3 Å². The van der Waals surface area contributed by atoms with Gasteiger partial charge in [0, 0.05) is 36.1 Å². The van der Waals surface area contributed by atoms with Crippen molar-refractivity contribution >= 4 is 50.1 Å². The summed E-state index contributed by atoms with van der Waals surface area (Å²) in [6.45, 7) is 0. The van der Waals surface area contributed by atoms with Gasteiger partial charge in [-0.15, -0.1) is 0 Å².